The minimum absolute atomic E-state index is 2.24. The molecule has 57 heavy (non-hydrogen) atoms. The first-order chi connectivity index (χ1) is 24.2. The van der Waals surface area contributed by atoms with E-state index in [1.54, 1.807) is 0 Å². The van der Waals surface area contributed by atoms with Gasteiger partial charge in [-0.15, -0.1) is 0 Å². The predicted molar refractivity (Wildman–Crippen MR) is 104 cm³/mol. The summed E-state index contributed by atoms with van der Waals surface area (Å²) in [5.74, 6) is -106. The Morgan fingerprint density at radius 1 is 0.193 bits per heavy atom. The Morgan fingerprint density at radius 2 is 0.351 bits per heavy atom. The highest BCUT2D eigenvalue weighted by Gasteiger charge is 2.97. The second-order valence-electron chi connectivity index (χ2n) is 10.2. The number of hydrogen-bond donors (Lipinski definition) is 0. The summed E-state index contributed by atoms with van der Waals surface area (Å²) < 4.78 is 455. The summed E-state index contributed by atoms with van der Waals surface area (Å²) in [6.07, 6.45) is -31.2. The van der Waals surface area contributed by atoms with E-state index in [9.17, 15) is 149 Å². The highest BCUT2D eigenvalue weighted by molar-refractivity contribution is 5.15. The van der Waals surface area contributed by atoms with Crippen LogP contribution < -0.4 is 0 Å². The van der Waals surface area contributed by atoms with Crippen molar-refractivity contribution in [1.82, 2.24) is 0 Å². The molecule has 0 aromatic heterocycles. The maximum absolute atomic E-state index is 13.6. The van der Waals surface area contributed by atoms with Gasteiger partial charge < -0.3 is 14.2 Å². The van der Waals surface area contributed by atoms with Crippen LogP contribution in [0, 0.1) is 0 Å². The maximum atomic E-state index is 13.6. The van der Waals surface area contributed by atoms with E-state index in [1.165, 1.54) is 0 Å². The molecule has 0 spiro atoms. The van der Waals surface area contributed by atoms with Crippen molar-refractivity contribution in [3.8, 4) is 0 Å². The third-order valence-corrected chi connectivity index (χ3v) is 6.41. The summed E-state index contributed by atoms with van der Waals surface area (Å²) in [7, 11) is 0. The molecule has 0 fully saturated rings. The molecule has 0 heterocycles. The zero-order valence-electron chi connectivity index (χ0n) is 24.9. The summed E-state index contributed by atoms with van der Waals surface area (Å²) in [5.41, 5.74) is 0. The number of rotatable bonds is 20. The Kier molecular flexibility index (Phi) is 14.0. The van der Waals surface area contributed by atoms with Crippen LogP contribution in [0.4, 0.5) is 149 Å². The molecule has 0 aromatic rings. The van der Waals surface area contributed by atoms with E-state index in [1.807, 2.05) is 0 Å². The van der Waals surface area contributed by atoms with Crippen molar-refractivity contribution in [2.45, 2.75) is 95.6 Å². The van der Waals surface area contributed by atoms with Gasteiger partial charge in [0.1, 0.15) is 0 Å². The smallest absolute Gasteiger partial charge is 0.377 e. The first kappa shape index (κ1) is 54.5. The monoisotopic (exact) mass is 942 g/mol. The minimum Gasteiger partial charge on any atom is -0.377 e. The van der Waals surface area contributed by atoms with Crippen LogP contribution in [0.5, 0.6) is 0 Å². The van der Waals surface area contributed by atoms with Gasteiger partial charge in [0.2, 0.25) is 0 Å². The Hall–Kier alpha value is -2.50. The molecule has 0 bridgehead atoms. The topological polar surface area (TPSA) is 27.7 Å². The van der Waals surface area contributed by atoms with Crippen molar-refractivity contribution < 1.29 is 163 Å². The minimum atomic E-state index is -9.05. The highest BCUT2D eigenvalue weighted by Crippen LogP contribution is 2.66. The lowest BCUT2D eigenvalue weighted by atomic mass is 9.90. The predicted octanol–water partition coefficient (Wildman–Crippen LogP) is 11.0. The van der Waals surface area contributed by atoms with Crippen LogP contribution in [0.3, 0.4) is 0 Å². The fourth-order valence-corrected chi connectivity index (χ4v) is 3.04. The standard InChI is InChI=1S/C20H8F34O3/c21-5(22,9(29,30)13(37,38)17(45,46)47)7(25,26)11(33,34)15(41,42)19(51,52)56-3-1-55-2-4-57-20(53,54)16(43,44)12(35,36)8(27,28)6(23,24)10(31,32)14(39,40)18(48,49)50/h1-4H2. The van der Waals surface area contributed by atoms with E-state index in [0.29, 0.717) is 0 Å². The summed E-state index contributed by atoms with van der Waals surface area (Å²) >= 11 is 0. The third-order valence-electron chi connectivity index (χ3n) is 6.41. The number of halogens is 34. The molecule has 0 saturated heterocycles. The van der Waals surface area contributed by atoms with E-state index in [0.717, 1.165) is 0 Å². The van der Waals surface area contributed by atoms with E-state index in [2.05, 4.69) is 14.2 Å². The molecule has 37 heteroatoms. The number of ether oxygens (including phenoxy) is 3. The van der Waals surface area contributed by atoms with Crippen molar-refractivity contribution >= 4 is 0 Å². The fraction of sp³-hybridized carbons (Fsp3) is 1.00. The second-order valence-corrected chi connectivity index (χ2v) is 10.2. The maximum Gasteiger partial charge on any atom is 0.460 e. The van der Waals surface area contributed by atoms with Gasteiger partial charge in [0, 0.05) is 0 Å². The molecule has 0 aliphatic heterocycles. The molecule has 0 atom stereocenters. The molecule has 3 nitrogen and oxygen atoms in total. The normalized spacial score (nSPS) is 16.7. The van der Waals surface area contributed by atoms with Crippen LogP contribution in [0.15, 0.2) is 0 Å². The summed E-state index contributed by atoms with van der Waals surface area (Å²) in [6, 6.07) is 0. The van der Waals surface area contributed by atoms with Gasteiger partial charge in [0.15, 0.2) is 0 Å². The summed E-state index contributed by atoms with van der Waals surface area (Å²) in [4.78, 5) is 0. The summed E-state index contributed by atoms with van der Waals surface area (Å²) in [6.45, 7) is -9.92. The summed E-state index contributed by atoms with van der Waals surface area (Å²) in [5, 5.41) is 0. The average Bonchev–Trinajstić information content (AvgIpc) is 2.98. The lowest BCUT2D eigenvalue weighted by Crippen LogP contribution is -2.74. The van der Waals surface area contributed by atoms with E-state index >= 15 is 0 Å². The van der Waals surface area contributed by atoms with E-state index in [-0.39, 0.29) is 0 Å². The largest absolute Gasteiger partial charge is 0.460 e. The lowest BCUT2D eigenvalue weighted by molar-refractivity contribution is -0.478. The van der Waals surface area contributed by atoms with E-state index in [4.69, 9.17) is 0 Å². The first-order valence-electron chi connectivity index (χ1n) is 12.5. The van der Waals surface area contributed by atoms with Crippen LogP contribution in [-0.4, -0.2) is 122 Å². The van der Waals surface area contributed by atoms with Crippen LogP contribution in [0.25, 0.3) is 0 Å². The Morgan fingerprint density at radius 3 is 0.526 bits per heavy atom. The first-order valence-corrected chi connectivity index (χ1v) is 12.5. The Labute approximate surface area is 287 Å². The Balaban J connectivity index is 5.96. The van der Waals surface area contributed by atoms with Crippen molar-refractivity contribution in [2.24, 2.45) is 0 Å². The molecule has 0 saturated carbocycles. The van der Waals surface area contributed by atoms with Gasteiger partial charge in [-0.25, -0.2) is 0 Å². The van der Waals surface area contributed by atoms with Crippen LogP contribution in [-0.2, 0) is 14.2 Å². The third kappa shape index (κ3) is 7.73. The molecule has 0 aliphatic rings. The van der Waals surface area contributed by atoms with Gasteiger partial charge >= 0.3 is 95.6 Å². The molecule has 0 aromatic carbocycles. The molecule has 0 unspecified atom stereocenters. The van der Waals surface area contributed by atoms with Gasteiger partial charge in [0.05, 0.1) is 26.4 Å². The lowest BCUT2D eigenvalue weighted by Gasteiger charge is -2.42. The molecule has 344 valence electrons. The fourth-order valence-electron chi connectivity index (χ4n) is 3.04. The van der Waals surface area contributed by atoms with Gasteiger partial charge in [0.25, 0.3) is 0 Å². The van der Waals surface area contributed by atoms with Gasteiger partial charge in [-0.2, -0.15) is 149 Å². The SMILES string of the molecule is FC(F)(F)C(F)(F)C(F)(F)C(F)(F)C(F)(F)C(F)(F)C(F)(F)C(F)(F)OCCOCCOC(F)(F)C(F)(F)C(F)(F)C(F)(F)C(F)(F)C(F)(F)C(F)(F)C(F)(F)F. The Bertz CT molecular complexity index is 1270. The zero-order chi connectivity index (χ0) is 46.9. The second kappa shape index (κ2) is 14.6. The van der Waals surface area contributed by atoms with Crippen molar-refractivity contribution in [3.63, 3.8) is 0 Å². The van der Waals surface area contributed by atoms with Gasteiger partial charge in [-0.05, 0) is 0 Å². The number of alkyl halides is 34. The zero-order valence-corrected chi connectivity index (χ0v) is 24.9. The highest BCUT2D eigenvalue weighted by atomic mass is 19.4. The van der Waals surface area contributed by atoms with Gasteiger partial charge in [-0.3, -0.25) is 0 Å². The van der Waals surface area contributed by atoms with Gasteiger partial charge in [-0.1, -0.05) is 0 Å². The van der Waals surface area contributed by atoms with E-state index < -0.39 is 122 Å². The van der Waals surface area contributed by atoms with Crippen LogP contribution in [0.2, 0.25) is 0 Å². The molecule has 0 radical (unpaired) electrons. The molecular formula is C20H8F34O3. The molecule has 0 aliphatic carbocycles. The molecular weight excluding hydrogens is 934 g/mol. The average molecular weight is 942 g/mol. The molecule has 0 rings (SSSR count). The quantitative estimate of drug-likeness (QED) is 0.0899. The van der Waals surface area contributed by atoms with Crippen molar-refractivity contribution in [1.29, 1.82) is 0 Å². The number of hydrogen-bond acceptors (Lipinski definition) is 3. The van der Waals surface area contributed by atoms with Crippen molar-refractivity contribution in [2.75, 3.05) is 26.4 Å². The van der Waals surface area contributed by atoms with Crippen LogP contribution in [0.1, 0.15) is 0 Å². The van der Waals surface area contributed by atoms with Crippen LogP contribution >= 0.6 is 0 Å². The van der Waals surface area contributed by atoms with Crippen molar-refractivity contribution in [3.05, 3.63) is 0 Å². The molecule has 0 amide bonds. The molecule has 0 N–H and O–H groups in total.